The number of nitrogens with zero attached hydrogens (tertiary/aromatic N) is 2. The van der Waals surface area contributed by atoms with Gasteiger partial charge in [-0.05, 0) is 18.8 Å². The highest BCUT2D eigenvalue weighted by Gasteiger charge is 2.18. The van der Waals surface area contributed by atoms with Crippen LogP contribution in [0.4, 0.5) is 0 Å². The lowest BCUT2D eigenvalue weighted by Gasteiger charge is -2.26. The van der Waals surface area contributed by atoms with Gasteiger partial charge in [0, 0.05) is 26.0 Å². The van der Waals surface area contributed by atoms with Crippen LogP contribution in [0.1, 0.15) is 32.1 Å². The minimum Gasteiger partial charge on any atom is -0.349 e. The first-order valence-electron chi connectivity index (χ1n) is 5.29. The molecule has 2 radical (unpaired) electrons. The van der Waals surface area contributed by atoms with Crippen LogP contribution in [-0.2, 0) is 0 Å². The Balaban J connectivity index is 1.74. The summed E-state index contributed by atoms with van der Waals surface area (Å²) in [4.78, 5) is 4.18. The fourth-order valence-corrected chi connectivity index (χ4v) is 2.20. The zero-order valence-electron chi connectivity index (χ0n) is 8.37. The molecule has 2 rings (SSSR count). The maximum atomic E-state index is 3.26. The number of rotatable bonds is 2. The Kier molecular flexibility index (Phi) is 2.77. The van der Waals surface area contributed by atoms with Crippen LogP contribution in [0.3, 0.4) is 0 Å². The summed E-state index contributed by atoms with van der Waals surface area (Å²) in [7, 11) is 2.03. The number of hydrogen-bond donors (Lipinski definition) is 0. The highest BCUT2D eigenvalue weighted by atomic mass is 15.3. The molecular weight excluding hydrogens is 160 g/mol. The zero-order chi connectivity index (χ0) is 9.10. The van der Waals surface area contributed by atoms with E-state index < -0.39 is 0 Å². The van der Waals surface area contributed by atoms with Crippen molar-refractivity contribution in [2.24, 2.45) is 5.92 Å². The van der Waals surface area contributed by atoms with Crippen molar-refractivity contribution >= 4 is 0 Å². The van der Waals surface area contributed by atoms with Crippen molar-refractivity contribution in [3.8, 4) is 0 Å². The standard InChI is InChI=1S/C11H18N2/c1-12-7-8-13(10-12)9-11-5-3-2-4-6-11/h7-8,11H,2-6,9H2,1H3. The monoisotopic (exact) mass is 178 g/mol. The van der Waals surface area contributed by atoms with Crippen LogP contribution in [0.5, 0.6) is 0 Å². The zero-order valence-corrected chi connectivity index (χ0v) is 8.37. The van der Waals surface area contributed by atoms with Crippen LogP contribution in [0, 0.1) is 12.6 Å². The van der Waals surface area contributed by atoms with Crippen LogP contribution in [0.25, 0.3) is 0 Å². The summed E-state index contributed by atoms with van der Waals surface area (Å²) in [6, 6.07) is 0. The van der Waals surface area contributed by atoms with E-state index >= 15 is 0 Å². The second-order valence-corrected chi connectivity index (χ2v) is 4.17. The third-order valence-corrected chi connectivity index (χ3v) is 2.94. The van der Waals surface area contributed by atoms with Crippen molar-refractivity contribution in [1.29, 1.82) is 0 Å². The Hall–Kier alpha value is -0.660. The molecule has 0 N–H and O–H groups in total. The summed E-state index contributed by atoms with van der Waals surface area (Å²) in [5.41, 5.74) is 0. The highest BCUT2D eigenvalue weighted by molar-refractivity contribution is 4.96. The second-order valence-electron chi connectivity index (χ2n) is 4.17. The first-order valence-corrected chi connectivity index (χ1v) is 5.29. The summed E-state index contributed by atoms with van der Waals surface area (Å²) >= 11 is 0. The molecule has 0 atom stereocenters. The molecule has 0 amide bonds. The Bertz CT molecular complexity index is 183. The van der Waals surface area contributed by atoms with E-state index in [1.54, 1.807) is 0 Å². The van der Waals surface area contributed by atoms with Crippen LogP contribution >= 0.6 is 0 Å². The summed E-state index contributed by atoms with van der Waals surface area (Å²) < 4.78 is 0. The first kappa shape index (κ1) is 8.92. The van der Waals surface area contributed by atoms with Gasteiger partial charge in [0.05, 0.1) is 0 Å². The summed E-state index contributed by atoms with van der Waals surface area (Å²) in [6.07, 6.45) is 11.3. The molecule has 2 heteroatoms. The van der Waals surface area contributed by atoms with Crippen LogP contribution in [-0.4, -0.2) is 23.4 Å². The topological polar surface area (TPSA) is 6.48 Å². The maximum absolute atomic E-state index is 3.26. The van der Waals surface area contributed by atoms with E-state index in [4.69, 9.17) is 0 Å². The quantitative estimate of drug-likeness (QED) is 0.640. The van der Waals surface area contributed by atoms with Crippen molar-refractivity contribution in [2.45, 2.75) is 32.1 Å². The molecule has 13 heavy (non-hydrogen) atoms. The van der Waals surface area contributed by atoms with E-state index in [2.05, 4.69) is 24.0 Å². The fourth-order valence-electron chi connectivity index (χ4n) is 2.20. The van der Waals surface area contributed by atoms with Crippen LogP contribution in [0.2, 0.25) is 0 Å². The lowest BCUT2D eigenvalue weighted by molar-refractivity contribution is 0.266. The van der Waals surface area contributed by atoms with Gasteiger partial charge in [0.2, 0.25) is 6.67 Å². The molecule has 0 aromatic heterocycles. The third kappa shape index (κ3) is 2.39. The van der Waals surface area contributed by atoms with Gasteiger partial charge in [0.25, 0.3) is 0 Å². The van der Waals surface area contributed by atoms with Crippen molar-refractivity contribution in [3.05, 3.63) is 19.1 Å². The maximum Gasteiger partial charge on any atom is 0.207 e. The first-order chi connectivity index (χ1) is 6.34. The van der Waals surface area contributed by atoms with Crippen molar-refractivity contribution < 1.29 is 0 Å². The Morgan fingerprint density at radius 2 is 2.00 bits per heavy atom. The molecule has 1 heterocycles. The molecule has 0 unspecified atom stereocenters. The minimum atomic E-state index is 0.900. The second kappa shape index (κ2) is 4.03. The van der Waals surface area contributed by atoms with Gasteiger partial charge in [-0.25, -0.2) is 0 Å². The normalized spacial score (nSPS) is 24.4. The highest BCUT2D eigenvalue weighted by Crippen LogP contribution is 2.25. The largest absolute Gasteiger partial charge is 0.349 e. The SMILES string of the molecule is CN1[C]N(CC2CCCCC2)C=C1. The van der Waals surface area contributed by atoms with E-state index in [1.165, 1.54) is 38.6 Å². The van der Waals surface area contributed by atoms with Crippen LogP contribution in [0.15, 0.2) is 12.4 Å². The molecular formula is C11H18N2. The predicted octanol–water partition coefficient (Wildman–Crippen LogP) is 2.28. The smallest absolute Gasteiger partial charge is 0.207 e. The molecule has 1 aliphatic heterocycles. The van der Waals surface area contributed by atoms with Gasteiger partial charge < -0.3 is 9.80 Å². The Morgan fingerprint density at radius 1 is 1.23 bits per heavy atom. The van der Waals surface area contributed by atoms with Crippen LogP contribution < -0.4 is 0 Å². The van der Waals surface area contributed by atoms with E-state index in [9.17, 15) is 0 Å². The molecule has 0 bridgehead atoms. The third-order valence-electron chi connectivity index (χ3n) is 2.94. The summed E-state index contributed by atoms with van der Waals surface area (Å²) in [5.74, 6) is 0.900. The van der Waals surface area contributed by atoms with Gasteiger partial charge >= 0.3 is 0 Å². The van der Waals surface area contributed by atoms with E-state index in [-0.39, 0.29) is 0 Å². The Labute approximate surface area is 81.2 Å². The molecule has 0 aromatic rings. The van der Waals surface area contributed by atoms with Crippen molar-refractivity contribution in [1.82, 2.24) is 9.80 Å². The lowest BCUT2D eigenvalue weighted by Crippen LogP contribution is -2.24. The van der Waals surface area contributed by atoms with E-state index in [1.807, 2.05) is 11.9 Å². The van der Waals surface area contributed by atoms with E-state index in [0.717, 1.165) is 5.92 Å². The molecule has 1 aliphatic carbocycles. The molecule has 2 aliphatic rings. The molecule has 2 nitrogen and oxygen atoms in total. The number of hydrogen-bond acceptors (Lipinski definition) is 2. The molecule has 0 saturated heterocycles. The summed E-state index contributed by atoms with van der Waals surface area (Å²) in [5, 5.41) is 0. The van der Waals surface area contributed by atoms with Gasteiger partial charge in [-0.2, -0.15) is 0 Å². The van der Waals surface area contributed by atoms with Gasteiger partial charge in [-0.1, -0.05) is 19.3 Å². The van der Waals surface area contributed by atoms with Gasteiger partial charge in [-0.15, -0.1) is 0 Å². The molecule has 1 saturated carbocycles. The van der Waals surface area contributed by atoms with Gasteiger partial charge in [0.15, 0.2) is 0 Å². The molecule has 0 aromatic carbocycles. The fraction of sp³-hybridized carbons (Fsp3) is 0.727. The summed E-state index contributed by atoms with van der Waals surface area (Å²) in [6.45, 7) is 4.42. The van der Waals surface area contributed by atoms with Gasteiger partial charge in [0.1, 0.15) is 0 Å². The average Bonchev–Trinajstić information content (AvgIpc) is 2.53. The minimum absolute atomic E-state index is 0.900. The predicted molar refractivity (Wildman–Crippen MR) is 53.4 cm³/mol. The molecule has 0 spiro atoms. The van der Waals surface area contributed by atoms with Crippen molar-refractivity contribution in [3.63, 3.8) is 0 Å². The van der Waals surface area contributed by atoms with E-state index in [0.29, 0.717) is 0 Å². The molecule has 72 valence electrons. The van der Waals surface area contributed by atoms with Gasteiger partial charge in [-0.3, -0.25) is 0 Å². The van der Waals surface area contributed by atoms with Crippen molar-refractivity contribution in [2.75, 3.05) is 13.6 Å². The molecule has 1 fully saturated rings. The average molecular weight is 178 g/mol. The lowest BCUT2D eigenvalue weighted by atomic mass is 9.89. The Morgan fingerprint density at radius 3 is 2.62 bits per heavy atom.